The lowest BCUT2D eigenvalue weighted by Crippen LogP contribution is -2.13. The minimum absolute atomic E-state index is 0.292. The second-order valence-corrected chi connectivity index (χ2v) is 5.29. The van der Waals surface area contributed by atoms with E-state index >= 15 is 0 Å². The van der Waals surface area contributed by atoms with Gasteiger partial charge in [-0.3, -0.25) is 4.98 Å². The zero-order chi connectivity index (χ0) is 9.19. The molecule has 1 aromatic heterocycles. The van der Waals surface area contributed by atoms with Crippen LogP contribution in [0.1, 0.15) is 13.8 Å². The van der Waals surface area contributed by atoms with Gasteiger partial charge in [0.05, 0.1) is 10.1 Å². The van der Waals surface area contributed by atoms with Gasteiger partial charge in [0, 0.05) is 12.4 Å². The monoisotopic (exact) mass is 185 g/mol. The summed E-state index contributed by atoms with van der Waals surface area (Å²) in [5, 5.41) is -0.387. The molecule has 12 heavy (non-hydrogen) atoms. The number of nitrogens with zero attached hydrogens (tertiary/aromatic N) is 1. The van der Waals surface area contributed by atoms with Crippen LogP contribution in [0.4, 0.5) is 0 Å². The Balaban J connectivity index is 3.17. The highest BCUT2D eigenvalue weighted by Gasteiger charge is 2.18. The van der Waals surface area contributed by atoms with Gasteiger partial charge in [0.1, 0.15) is 0 Å². The summed E-state index contributed by atoms with van der Waals surface area (Å²) in [6.07, 6.45) is 2.93. The number of aromatic nitrogens is 1. The fourth-order valence-corrected chi connectivity index (χ4v) is 1.81. The number of sulfone groups is 1. The van der Waals surface area contributed by atoms with Gasteiger partial charge < -0.3 is 0 Å². The fraction of sp³-hybridized carbons (Fsp3) is 0.375. The molecule has 0 aliphatic rings. The van der Waals surface area contributed by atoms with Gasteiger partial charge in [-0.05, 0) is 26.0 Å². The topological polar surface area (TPSA) is 47.0 Å². The maximum absolute atomic E-state index is 11.5. The van der Waals surface area contributed by atoms with Crippen LogP contribution in [0, 0.1) is 0 Å². The highest BCUT2D eigenvalue weighted by atomic mass is 32.2. The van der Waals surface area contributed by atoms with Gasteiger partial charge in [0.15, 0.2) is 9.84 Å². The highest BCUT2D eigenvalue weighted by Crippen LogP contribution is 2.13. The molecule has 1 aromatic rings. The Kier molecular flexibility index (Phi) is 2.47. The Bertz CT molecular complexity index is 343. The summed E-state index contributed by atoms with van der Waals surface area (Å²) in [6.45, 7) is 3.31. The molecule has 0 spiro atoms. The normalized spacial score (nSPS) is 11.9. The Morgan fingerprint density at radius 1 is 1.42 bits per heavy atom. The van der Waals surface area contributed by atoms with Crippen molar-refractivity contribution in [2.24, 2.45) is 0 Å². The van der Waals surface area contributed by atoms with Crippen LogP contribution in [0.2, 0.25) is 0 Å². The zero-order valence-electron chi connectivity index (χ0n) is 7.06. The third kappa shape index (κ3) is 1.64. The molecule has 0 atom stereocenters. The van der Waals surface area contributed by atoms with E-state index in [0.717, 1.165) is 0 Å². The molecule has 3 nitrogen and oxygen atoms in total. The van der Waals surface area contributed by atoms with Gasteiger partial charge in [0.2, 0.25) is 0 Å². The molecule has 0 aromatic carbocycles. The summed E-state index contributed by atoms with van der Waals surface area (Å²) < 4.78 is 23.0. The van der Waals surface area contributed by atoms with Gasteiger partial charge >= 0.3 is 0 Å². The molecule has 0 unspecified atom stereocenters. The molecule has 0 saturated carbocycles. The maximum atomic E-state index is 11.5. The number of hydrogen-bond acceptors (Lipinski definition) is 3. The van der Waals surface area contributed by atoms with Crippen LogP contribution in [-0.4, -0.2) is 18.7 Å². The highest BCUT2D eigenvalue weighted by molar-refractivity contribution is 7.92. The maximum Gasteiger partial charge on any atom is 0.182 e. The fourth-order valence-electron chi connectivity index (χ4n) is 0.788. The molecule has 0 bridgehead atoms. The van der Waals surface area contributed by atoms with Crippen molar-refractivity contribution in [3.8, 4) is 0 Å². The molecule has 1 heterocycles. The third-order valence-electron chi connectivity index (χ3n) is 1.58. The van der Waals surface area contributed by atoms with E-state index in [9.17, 15) is 8.42 Å². The van der Waals surface area contributed by atoms with Gasteiger partial charge in [-0.2, -0.15) is 0 Å². The molecule has 0 amide bonds. The first-order valence-electron chi connectivity index (χ1n) is 3.69. The van der Waals surface area contributed by atoms with Gasteiger partial charge in [-0.1, -0.05) is 0 Å². The van der Waals surface area contributed by atoms with E-state index in [1.54, 1.807) is 32.2 Å². The summed E-state index contributed by atoms with van der Waals surface area (Å²) in [6, 6.07) is 3.18. The predicted molar refractivity (Wildman–Crippen MR) is 46.6 cm³/mol. The van der Waals surface area contributed by atoms with Crippen molar-refractivity contribution in [1.82, 2.24) is 4.98 Å². The first kappa shape index (κ1) is 9.19. The average Bonchev–Trinajstić information content (AvgIpc) is 2.06. The lowest BCUT2D eigenvalue weighted by atomic mass is 10.5. The van der Waals surface area contributed by atoms with Gasteiger partial charge in [-0.25, -0.2) is 8.42 Å². The van der Waals surface area contributed by atoms with Crippen molar-refractivity contribution in [3.05, 3.63) is 24.5 Å². The van der Waals surface area contributed by atoms with E-state index in [1.165, 1.54) is 6.20 Å². The molecule has 66 valence electrons. The smallest absolute Gasteiger partial charge is 0.182 e. The molecule has 0 aliphatic heterocycles. The predicted octanol–water partition coefficient (Wildman–Crippen LogP) is 1.26. The molecule has 0 radical (unpaired) electrons. The van der Waals surface area contributed by atoms with Crippen molar-refractivity contribution in [1.29, 1.82) is 0 Å². The molecule has 1 rings (SSSR count). The van der Waals surface area contributed by atoms with Gasteiger partial charge in [-0.15, -0.1) is 0 Å². The van der Waals surface area contributed by atoms with Crippen molar-refractivity contribution < 1.29 is 8.42 Å². The summed E-state index contributed by atoms with van der Waals surface area (Å²) in [5.74, 6) is 0. The van der Waals surface area contributed by atoms with Crippen LogP contribution in [-0.2, 0) is 9.84 Å². The lowest BCUT2D eigenvalue weighted by molar-refractivity contribution is 0.587. The zero-order valence-corrected chi connectivity index (χ0v) is 7.88. The summed E-state index contributed by atoms with van der Waals surface area (Å²) in [5.41, 5.74) is 0. The lowest BCUT2D eigenvalue weighted by Gasteiger charge is -2.05. The average molecular weight is 185 g/mol. The van der Waals surface area contributed by atoms with E-state index in [4.69, 9.17) is 0 Å². The van der Waals surface area contributed by atoms with Crippen molar-refractivity contribution in [2.45, 2.75) is 24.0 Å². The van der Waals surface area contributed by atoms with Crippen molar-refractivity contribution in [2.75, 3.05) is 0 Å². The standard InChI is InChI=1S/C8H11NO2S/c1-7(2)12(10,11)8-4-3-5-9-6-8/h3-7H,1-2H3. The molecular formula is C8H11NO2S. The molecule has 0 aliphatic carbocycles. The Morgan fingerprint density at radius 3 is 2.50 bits per heavy atom. The van der Waals surface area contributed by atoms with Crippen LogP contribution >= 0.6 is 0 Å². The Labute approximate surface area is 72.4 Å². The Hall–Kier alpha value is -0.900. The van der Waals surface area contributed by atoms with Crippen LogP contribution in [0.25, 0.3) is 0 Å². The van der Waals surface area contributed by atoms with Crippen LogP contribution < -0.4 is 0 Å². The van der Waals surface area contributed by atoms with Crippen LogP contribution in [0.5, 0.6) is 0 Å². The van der Waals surface area contributed by atoms with Crippen LogP contribution in [0.3, 0.4) is 0 Å². The number of pyridine rings is 1. The summed E-state index contributed by atoms with van der Waals surface area (Å²) >= 11 is 0. The van der Waals surface area contributed by atoms with E-state index in [-0.39, 0.29) is 5.25 Å². The SMILES string of the molecule is CC(C)S(=O)(=O)c1cccnc1. The summed E-state index contributed by atoms with van der Waals surface area (Å²) in [7, 11) is -3.14. The van der Waals surface area contributed by atoms with Crippen molar-refractivity contribution >= 4 is 9.84 Å². The van der Waals surface area contributed by atoms with E-state index in [2.05, 4.69) is 4.98 Å². The first-order chi connectivity index (χ1) is 5.55. The molecule has 0 fully saturated rings. The Morgan fingerprint density at radius 2 is 2.08 bits per heavy atom. The molecule has 0 N–H and O–H groups in total. The number of rotatable bonds is 2. The van der Waals surface area contributed by atoms with E-state index < -0.39 is 9.84 Å². The molecule has 0 saturated heterocycles. The van der Waals surface area contributed by atoms with Gasteiger partial charge in [0.25, 0.3) is 0 Å². The van der Waals surface area contributed by atoms with E-state index in [0.29, 0.717) is 4.90 Å². The second-order valence-electron chi connectivity index (χ2n) is 2.78. The van der Waals surface area contributed by atoms with E-state index in [1.807, 2.05) is 0 Å². The number of hydrogen-bond donors (Lipinski definition) is 0. The third-order valence-corrected chi connectivity index (χ3v) is 3.72. The second kappa shape index (κ2) is 3.23. The minimum atomic E-state index is -3.14. The minimum Gasteiger partial charge on any atom is -0.263 e. The first-order valence-corrected chi connectivity index (χ1v) is 5.23. The van der Waals surface area contributed by atoms with Crippen molar-refractivity contribution in [3.63, 3.8) is 0 Å². The van der Waals surface area contributed by atoms with Crippen LogP contribution in [0.15, 0.2) is 29.4 Å². The quantitative estimate of drug-likeness (QED) is 0.697. The largest absolute Gasteiger partial charge is 0.263 e. The molecule has 4 heteroatoms. The molecular weight excluding hydrogens is 174 g/mol. The summed E-state index contributed by atoms with van der Waals surface area (Å²) in [4.78, 5) is 4.05.